The van der Waals surface area contributed by atoms with Gasteiger partial charge in [0.1, 0.15) is 0 Å². The third-order valence-electron chi connectivity index (χ3n) is 2.98. The third-order valence-corrected chi connectivity index (χ3v) is 2.98. The smallest absolute Gasteiger partial charge is 0.150 e. The molecule has 0 spiro atoms. The van der Waals surface area contributed by atoms with Crippen LogP contribution in [0.15, 0.2) is 0 Å². The van der Waals surface area contributed by atoms with Crippen molar-refractivity contribution in [1.82, 2.24) is 9.78 Å². The minimum Gasteiger partial charge on any atom is -0.394 e. The van der Waals surface area contributed by atoms with Crippen molar-refractivity contribution in [3.8, 4) is 6.07 Å². The zero-order valence-electron chi connectivity index (χ0n) is 11.8. The molecule has 0 aliphatic carbocycles. The van der Waals surface area contributed by atoms with Crippen LogP contribution in [-0.2, 0) is 13.5 Å². The van der Waals surface area contributed by atoms with E-state index < -0.39 is 0 Å². The summed E-state index contributed by atoms with van der Waals surface area (Å²) in [5, 5.41) is 13.2. The number of nitrogens with zero attached hydrogens (tertiary/aromatic N) is 4. The lowest BCUT2D eigenvalue weighted by Crippen LogP contribution is -2.33. The second-order valence-electron chi connectivity index (χ2n) is 4.75. The van der Waals surface area contributed by atoms with Crippen molar-refractivity contribution >= 4 is 11.5 Å². The number of nitrogen functional groups attached to an aromatic ring is 1. The first kappa shape index (κ1) is 14.4. The molecule has 0 unspecified atom stereocenters. The molecular formula is C13H23N5. The first-order valence-electron chi connectivity index (χ1n) is 6.47. The van der Waals surface area contributed by atoms with Gasteiger partial charge in [-0.25, -0.2) is 0 Å². The Balaban J connectivity index is 3.08. The van der Waals surface area contributed by atoms with Gasteiger partial charge in [0.2, 0.25) is 0 Å². The molecule has 5 nitrogen and oxygen atoms in total. The topological polar surface area (TPSA) is 70.9 Å². The first-order valence-corrected chi connectivity index (χ1v) is 6.47. The standard InChI is InChI=1S/C13H23N5/c1-5-7-11-12(15)13(17(4)16-11)18(10(2)3)9-6-8-14/h10H,5-7,9,15H2,1-4H3. The number of nitriles is 1. The van der Waals surface area contributed by atoms with Gasteiger partial charge < -0.3 is 10.6 Å². The van der Waals surface area contributed by atoms with Crippen molar-refractivity contribution in [1.29, 1.82) is 5.26 Å². The molecule has 100 valence electrons. The van der Waals surface area contributed by atoms with E-state index in [1.807, 2.05) is 11.7 Å². The molecule has 1 rings (SSSR count). The minimum absolute atomic E-state index is 0.297. The van der Waals surface area contributed by atoms with Crippen LogP contribution in [0.5, 0.6) is 0 Å². The molecule has 18 heavy (non-hydrogen) atoms. The van der Waals surface area contributed by atoms with E-state index in [4.69, 9.17) is 11.0 Å². The van der Waals surface area contributed by atoms with Gasteiger partial charge in [-0.2, -0.15) is 10.4 Å². The Morgan fingerprint density at radius 2 is 2.17 bits per heavy atom. The fourth-order valence-electron chi connectivity index (χ4n) is 2.13. The number of nitrogens with two attached hydrogens (primary N) is 1. The molecule has 0 atom stereocenters. The van der Waals surface area contributed by atoms with E-state index >= 15 is 0 Å². The summed E-state index contributed by atoms with van der Waals surface area (Å²) in [6, 6.07) is 2.48. The summed E-state index contributed by atoms with van der Waals surface area (Å²) in [6.07, 6.45) is 2.41. The quantitative estimate of drug-likeness (QED) is 0.838. The molecule has 0 saturated heterocycles. The van der Waals surface area contributed by atoms with Crippen molar-refractivity contribution < 1.29 is 0 Å². The average Bonchev–Trinajstić information content (AvgIpc) is 2.57. The van der Waals surface area contributed by atoms with Gasteiger partial charge in [0, 0.05) is 19.6 Å². The summed E-state index contributed by atoms with van der Waals surface area (Å²) in [5.41, 5.74) is 7.90. The molecule has 0 aliphatic heterocycles. The summed E-state index contributed by atoms with van der Waals surface area (Å²) in [4.78, 5) is 2.14. The highest BCUT2D eigenvalue weighted by Gasteiger charge is 2.20. The molecule has 1 aromatic heterocycles. The number of aromatic nitrogens is 2. The van der Waals surface area contributed by atoms with Gasteiger partial charge in [0.15, 0.2) is 5.82 Å². The van der Waals surface area contributed by atoms with E-state index in [9.17, 15) is 0 Å². The molecule has 0 saturated carbocycles. The summed E-state index contributed by atoms with van der Waals surface area (Å²) in [5.74, 6) is 0.934. The highest BCUT2D eigenvalue weighted by molar-refractivity contribution is 5.66. The SMILES string of the molecule is CCCc1nn(C)c(N(CCC#N)C(C)C)c1N. The molecule has 0 bridgehead atoms. The van der Waals surface area contributed by atoms with Gasteiger partial charge >= 0.3 is 0 Å². The maximum atomic E-state index is 8.74. The van der Waals surface area contributed by atoms with E-state index in [2.05, 4.69) is 36.8 Å². The van der Waals surface area contributed by atoms with Crippen molar-refractivity contribution in [3.05, 3.63) is 5.69 Å². The Morgan fingerprint density at radius 1 is 1.50 bits per heavy atom. The van der Waals surface area contributed by atoms with Gasteiger partial charge in [0.25, 0.3) is 0 Å². The lowest BCUT2D eigenvalue weighted by Gasteiger charge is -2.28. The number of hydrogen-bond acceptors (Lipinski definition) is 4. The largest absolute Gasteiger partial charge is 0.394 e. The Morgan fingerprint density at radius 3 is 2.67 bits per heavy atom. The van der Waals surface area contributed by atoms with E-state index in [0.29, 0.717) is 19.0 Å². The lowest BCUT2D eigenvalue weighted by atomic mass is 10.2. The fourth-order valence-corrected chi connectivity index (χ4v) is 2.13. The van der Waals surface area contributed by atoms with Crippen LogP contribution in [-0.4, -0.2) is 22.4 Å². The molecule has 0 aromatic carbocycles. The highest BCUT2D eigenvalue weighted by atomic mass is 15.4. The molecule has 0 radical (unpaired) electrons. The van der Waals surface area contributed by atoms with Crippen LogP contribution in [0.4, 0.5) is 11.5 Å². The number of rotatable bonds is 6. The van der Waals surface area contributed by atoms with Gasteiger partial charge in [0.05, 0.1) is 23.9 Å². The molecule has 2 N–H and O–H groups in total. The van der Waals surface area contributed by atoms with Crippen LogP contribution in [0.1, 0.15) is 39.3 Å². The van der Waals surface area contributed by atoms with Crippen molar-refractivity contribution in [3.63, 3.8) is 0 Å². The Kier molecular flexibility index (Phi) is 5.02. The maximum Gasteiger partial charge on any atom is 0.150 e. The van der Waals surface area contributed by atoms with E-state index in [1.165, 1.54) is 0 Å². The van der Waals surface area contributed by atoms with Crippen LogP contribution in [0.3, 0.4) is 0 Å². The Hall–Kier alpha value is -1.70. The summed E-state index contributed by atoms with van der Waals surface area (Å²) < 4.78 is 1.83. The molecule has 0 aliphatic rings. The van der Waals surface area contributed by atoms with Crippen molar-refractivity contribution in [2.24, 2.45) is 7.05 Å². The second-order valence-corrected chi connectivity index (χ2v) is 4.75. The number of aryl methyl sites for hydroxylation is 2. The normalized spacial score (nSPS) is 10.7. The van der Waals surface area contributed by atoms with Gasteiger partial charge in [-0.05, 0) is 20.3 Å². The van der Waals surface area contributed by atoms with Gasteiger partial charge in [-0.3, -0.25) is 4.68 Å². The van der Waals surface area contributed by atoms with Gasteiger partial charge in [-0.15, -0.1) is 0 Å². The summed E-state index contributed by atoms with van der Waals surface area (Å²) >= 11 is 0. The first-order chi connectivity index (χ1) is 8.52. The number of hydrogen-bond donors (Lipinski definition) is 1. The predicted octanol–water partition coefficient (Wildman–Crippen LogP) is 2.08. The van der Waals surface area contributed by atoms with E-state index in [-0.39, 0.29) is 0 Å². The molecule has 5 heteroatoms. The van der Waals surface area contributed by atoms with Crippen LogP contribution in [0.2, 0.25) is 0 Å². The zero-order valence-corrected chi connectivity index (χ0v) is 11.8. The average molecular weight is 249 g/mol. The molecular weight excluding hydrogens is 226 g/mol. The van der Waals surface area contributed by atoms with Crippen LogP contribution >= 0.6 is 0 Å². The van der Waals surface area contributed by atoms with Crippen molar-refractivity contribution in [2.45, 2.75) is 46.1 Å². The van der Waals surface area contributed by atoms with E-state index in [1.54, 1.807) is 0 Å². The predicted molar refractivity (Wildman–Crippen MR) is 74.3 cm³/mol. The Bertz CT molecular complexity index is 427. The van der Waals surface area contributed by atoms with Gasteiger partial charge in [-0.1, -0.05) is 13.3 Å². The molecule has 1 aromatic rings. The van der Waals surface area contributed by atoms with Crippen LogP contribution < -0.4 is 10.6 Å². The molecule has 0 fully saturated rings. The maximum absolute atomic E-state index is 8.74. The lowest BCUT2D eigenvalue weighted by molar-refractivity contribution is 0.637. The minimum atomic E-state index is 0.297. The van der Waals surface area contributed by atoms with Crippen molar-refractivity contribution in [2.75, 3.05) is 17.2 Å². The van der Waals surface area contributed by atoms with Crippen LogP contribution in [0.25, 0.3) is 0 Å². The third kappa shape index (κ3) is 2.95. The summed E-state index contributed by atoms with van der Waals surface area (Å²) in [7, 11) is 1.91. The summed E-state index contributed by atoms with van der Waals surface area (Å²) in [6.45, 7) is 7.00. The Labute approximate surface area is 109 Å². The number of anilines is 2. The highest BCUT2D eigenvalue weighted by Crippen LogP contribution is 2.28. The van der Waals surface area contributed by atoms with Crippen LogP contribution in [0, 0.1) is 11.3 Å². The monoisotopic (exact) mass is 249 g/mol. The van der Waals surface area contributed by atoms with E-state index in [0.717, 1.165) is 30.0 Å². The zero-order chi connectivity index (χ0) is 13.7. The molecule has 1 heterocycles. The second kappa shape index (κ2) is 6.29. The molecule has 0 amide bonds. The fraction of sp³-hybridized carbons (Fsp3) is 0.692.